The highest BCUT2D eigenvalue weighted by Gasteiger charge is 2.47. The molecule has 0 N–H and O–H groups in total. The van der Waals surface area contributed by atoms with Crippen molar-refractivity contribution in [2.24, 2.45) is 0 Å². The third-order valence-corrected chi connectivity index (χ3v) is 67.5. The maximum atomic E-state index is 6.27. The fourth-order valence-electron chi connectivity index (χ4n) is 6.41. The molecule has 4 saturated heterocycles. The van der Waals surface area contributed by atoms with E-state index in [1.165, 1.54) is 0 Å². The monoisotopic (exact) mass is 1550 g/mol. The predicted octanol–water partition coefficient (Wildman–Crippen LogP) is -4.45. The molecule has 28 radical (unpaired) electrons. The zero-order valence-electron chi connectivity index (χ0n) is 44.8. The van der Waals surface area contributed by atoms with E-state index >= 15 is 0 Å². The van der Waals surface area contributed by atoms with Crippen molar-refractivity contribution in [2.75, 3.05) is 0 Å². The Labute approximate surface area is 513 Å². The third kappa shape index (κ3) is 36.9. The summed E-state index contributed by atoms with van der Waals surface area (Å²) in [6.07, 6.45) is 0.135. The van der Waals surface area contributed by atoms with E-state index in [2.05, 4.69) is 20.0 Å². The highest BCUT2D eigenvalue weighted by atomic mass is 28.5. The van der Waals surface area contributed by atoms with Crippen LogP contribution in [0.5, 0.6) is 0 Å². The summed E-state index contributed by atoms with van der Waals surface area (Å²) in [7, 11) is -32.0. The summed E-state index contributed by atoms with van der Waals surface area (Å²) in [6.45, 7) is 24.5. The molecule has 0 bridgehead atoms. The van der Waals surface area contributed by atoms with Gasteiger partial charge in [-0.2, -0.15) is 0 Å². The van der Waals surface area contributed by atoms with Crippen LogP contribution in [-0.4, -0.2) is 273 Å². The Morgan fingerprint density at radius 2 is 0.610 bits per heavy atom. The highest BCUT2D eigenvalue weighted by molar-refractivity contribution is 6.76. The van der Waals surface area contributed by atoms with E-state index in [-0.39, 0.29) is 85.2 Å². The van der Waals surface area contributed by atoms with Gasteiger partial charge in [-0.25, -0.2) is 0 Å². The van der Waals surface area contributed by atoms with Crippen LogP contribution in [0.3, 0.4) is 0 Å². The average Bonchev–Trinajstić information content (AvgIpc) is 3.32. The van der Waals surface area contributed by atoms with E-state index in [4.69, 9.17) is 111 Å². The van der Waals surface area contributed by atoms with E-state index in [9.17, 15) is 0 Å². The number of rotatable bonds is 36. The minimum atomic E-state index is -4.10. The first-order valence-electron chi connectivity index (χ1n) is 24.3. The van der Waals surface area contributed by atoms with Gasteiger partial charge < -0.3 is 111 Å². The van der Waals surface area contributed by atoms with Crippen molar-refractivity contribution in [1.82, 2.24) is 0 Å². The van der Waals surface area contributed by atoms with Gasteiger partial charge in [0.1, 0.15) is 0 Å². The molecule has 0 saturated carbocycles. The largest absolute Gasteiger partial charge is 0.642 e. The summed E-state index contributed by atoms with van der Waals surface area (Å²) in [5, 5.41) is 0. The Morgan fingerprint density at radius 1 is 0.351 bits per heavy atom. The van der Waals surface area contributed by atoms with Crippen LogP contribution in [0.4, 0.5) is 0 Å². The normalized spacial score (nSPS) is 31.3. The van der Waals surface area contributed by atoms with Crippen molar-refractivity contribution in [2.45, 2.75) is 139 Å². The van der Waals surface area contributed by atoms with Gasteiger partial charge in [0, 0.05) is 6.10 Å². The molecule has 4 aliphatic heterocycles. The first kappa shape index (κ1) is 74.5. The molecule has 4 heterocycles. The second-order valence-corrected chi connectivity index (χ2v) is 64.0. The fraction of sp³-hybridized carbons (Fsp3) is 1.00. The number of hydrogen-bond donors (Lipinski definition) is 0. The maximum Gasteiger partial charge on any atom is 0.642 e. The van der Waals surface area contributed by atoms with Crippen LogP contribution in [0.2, 0.25) is 126 Å². The van der Waals surface area contributed by atoms with E-state index in [0.717, 1.165) is 54.4 Å². The molecular weight excluding hydrogens is 1480 g/mol. The van der Waals surface area contributed by atoms with Crippen LogP contribution in [0.25, 0.3) is 0 Å². The van der Waals surface area contributed by atoms with E-state index < -0.39 is 188 Å². The smallest absolute Gasteiger partial charge is 0.441 e. The minimum absolute atomic E-state index is 0.135. The Bertz CT molecular complexity index is 1220. The molecule has 0 aromatic rings. The minimum Gasteiger partial charge on any atom is -0.441 e. The van der Waals surface area contributed by atoms with Gasteiger partial charge in [-0.1, -0.05) is 0 Å². The summed E-state index contributed by atoms with van der Waals surface area (Å²) in [6, 6.07) is 7.01. The Balaban J connectivity index is 1.27. The lowest BCUT2D eigenvalue weighted by molar-refractivity contribution is 0.139. The third-order valence-electron chi connectivity index (χ3n) is 8.98. The molecule has 4 fully saturated rings. The zero-order valence-corrected chi connectivity index (χ0v) is 74.5. The SMILES string of the molecule is CC1C[SiH](C)O[SiH](C)O[Si](CC[Si]O[Si]O[Si]O[Si](O[Si]O[Si]O[Si]CC[Si]2O[SiH](C)O[SiH](C)O[SiH](C)O2)(O[Si]O[Si]O[Si]CC[Si]2O[SiH](C)O[SiH](C)O[SiH](C)O2)O[Si]O[Si]O[Si]CC[Si]2O[SiH](C)O[SiH](C)O[SiH](C)O2)O1. The molecule has 9 atom stereocenters. The fourth-order valence-corrected chi connectivity index (χ4v) is 65.2. The highest BCUT2D eigenvalue weighted by Crippen LogP contribution is 2.18. The van der Waals surface area contributed by atoms with Crippen molar-refractivity contribution in [3.63, 3.8) is 0 Å². The van der Waals surface area contributed by atoms with Gasteiger partial charge in [0.25, 0.3) is 92.8 Å². The molecule has 4 aliphatic rings. The molecule has 0 aromatic carbocycles. The van der Waals surface area contributed by atoms with Gasteiger partial charge in [-0.05, 0) is 133 Å². The van der Waals surface area contributed by atoms with Crippen LogP contribution >= 0.6 is 0 Å². The lowest BCUT2D eigenvalue weighted by atomic mass is 10.5. The lowest BCUT2D eigenvalue weighted by Gasteiger charge is -2.29. The van der Waals surface area contributed by atoms with Crippen LogP contribution in [0.1, 0.15) is 6.92 Å². The Hall–Kier alpha value is 4.99. The average molecular weight is 1550 g/mol. The van der Waals surface area contributed by atoms with E-state index in [1.54, 1.807) is 0 Å². The quantitative estimate of drug-likeness (QED) is 0.0424. The van der Waals surface area contributed by atoms with Crippen LogP contribution in [-0.2, 0) is 111 Å². The molecule has 9 unspecified atom stereocenters. The lowest BCUT2D eigenvalue weighted by Crippen LogP contribution is -2.54. The van der Waals surface area contributed by atoms with E-state index in [0.29, 0.717) is 0 Å². The van der Waals surface area contributed by atoms with Crippen molar-refractivity contribution >= 4 is 267 Å². The topological polar surface area (TPSA) is 249 Å². The van der Waals surface area contributed by atoms with Crippen LogP contribution in [0.15, 0.2) is 0 Å². The van der Waals surface area contributed by atoms with Crippen molar-refractivity contribution in [1.29, 1.82) is 0 Å². The summed E-state index contributed by atoms with van der Waals surface area (Å²) in [4.78, 5) is 0. The maximum absolute atomic E-state index is 6.27. The molecule has 0 spiro atoms. The zero-order chi connectivity index (χ0) is 55.7. The summed E-state index contributed by atoms with van der Waals surface area (Å²) in [5.41, 5.74) is 0. The molecule has 4 rings (SSSR count). The van der Waals surface area contributed by atoms with Gasteiger partial charge >= 0.3 is 126 Å². The summed E-state index contributed by atoms with van der Waals surface area (Å²) < 4.78 is 163. The van der Waals surface area contributed by atoms with Crippen LogP contribution in [0, 0.1) is 0 Å². The Kier molecular flexibility index (Phi) is 43.8. The van der Waals surface area contributed by atoms with Gasteiger partial charge in [-0.3, -0.25) is 0 Å². The molecule has 0 amide bonds. The molecule has 77 heavy (non-hydrogen) atoms. The Morgan fingerprint density at radius 3 is 0.909 bits per heavy atom. The van der Waals surface area contributed by atoms with E-state index in [1.807, 2.05) is 58.9 Å². The van der Waals surface area contributed by atoms with Crippen molar-refractivity contribution < 1.29 is 111 Å². The molecule has 428 valence electrons. The summed E-state index contributed by atoms with van der Waals surface area (Å²) in [5.74, 6) is 0. The second-order valence-electron chi connectivity index (χ2n) is 15.9. The van der Waals surface area contributed by atoms with Gasteiger partial charge in [-0.15, -0.1) is 0 Å². The second kappa shape index (κ2) is 45.3. The summed E-state index contributed by atoms with van der Waals surface area (Å²) >= 11 is 0. The van der Waals surface area contributed by atoms with Crippen LogP contribution < -0.4 is 0 Å². The molecular formula is C22H66O27Si28. The van der Waals surface area contributed by atoms with Gasteiger partial charge in [0.05, 0.1) is 0 Å². The first-order chi connectivity index (χ1) is 37.0. The first-order valence-corrected chi connectivity index (χ1v) is 66.4. The van der Waals surface area contributed by atoms with Crippen molar-refractivity contribution in [3.8, 4) is 0 Å². The molecule has 27 nitrogen and oxygen atoms in total. The molecule has 0 aromatic heterocycles. The van der Waals surface area contributed by atoms with Crippen molar-refractivity contribution in [3.05, 3.63) is 0 Å². The predicted molar refractivity (Wildman–Crippen MR) is 323 cm³/mol. The standard InChI is InChI=1S/C22H66O27Si28/c1-22-21-62(2)36-63(3)43-73(23-22)17-13-50-24-54-28-58-32-77(33-59-29-55-25-51-14-18-74-44-67(7)37-64(4)38-68(8)45-74,34-60-30-56-26-52-15-19-75-46-69(9)39-65(5)40-70(10)47-75)35-61-31-57-27-53-16-20-76-48-71(11)41-66(6)42-72(12)49-76/h22,62-72H,13-21H2,1-12H3. The number of hydrogen-bond acceptors (Lipinski definition) is 27. The van der Waals surface area contributed by atoms with Gasteiger partial charge in [0.2, 0.25) is 39.1 Å². The molecule has 0 aliphatic carbocycles. The van der Waals surface area contributed by atoms with Gasteiger partial charge in [0.15, 0.2) is 9.04 Å². The molecule has 55 heteroatoms.